The van der Waals surface area contributed by atoms with E-state index in [0.717, 1.165) is 135 Å². The third-order valence-electron chi connectivity index (χ3n) is 17.4. The Hall–Kier alpha value is -4.86. The molecule has 0 spiro atoms. The number of benzene rings is 5. The lowest BCUT2D eigenvalue weighted by molar-refractivity contribution is -0.0383. The van der Waals surface area contributed by atoms with Crippen molar-refractivity contribution >= 4 is 44.0 Å². The summed E-state index contributed by atoms with van der Waals surface area (Å²) in [5.74, 6) is 5.94. The van der Waals surface area contributed by atoms with Crippen LogP contribution in [0.2, 0.25) is 30.2 Å². The number of fused-ring (bicyclic) bond motifs is 1. The van der Waals surface area contributed by atoms with Crippen LogP contribution in [0, 0.1) is 0 Å². The molecule has 0 radical (unpaired) electrons. The molecule has 5 aromatic carbocycles. The first-order valence-corrected chi connectivity index (χ1v) is 52.6. The van der Waals surface area contributed by atoms with Gasteiger partial charge in [-0.05, 0) is 291 Å². The third kappa shape index (κ3) is 44.1. The van der Waals surface area contributed by atoms with Crippen LogP contribution in [0.25, 0.3) is 0 Å². The van der Waals surface area contributed by atoms with Gasteiger partial charge in [0.05, 0.1) is 20.8 Å². The van der Waals surface area contributed by atoms with Crippen LogP contribution >= 0.6 is 0 Å². The second-order valence-corrected chi connectivity index (χ2v) is 41.0. The number of aryl methyl sites for hydroxylation is 5. The zero-order chi connectivity index (χ0) is 85.8. The maximum absolute atomic E-state index is 5.90. The van der Waals surface area contributed by atoms with Crippen LogP contribution in [-0.2, 0) is 103 Å². The Morgan fingerprint density at radius 1 is 0.293 bits per heavy atom. The molecule has 0 aliphatic carbocycles. The van der Waals surface area contributed by atoms with Gasteiger partial charge in [-0.1, -0.05) is 42.5 Å². The van der Waals surface area contributed by atoms with Crippen molar-refractivity contribution in [2.45, 2.75) is 245 Å². The van der Waals surface area contributed by atoms with Gasteiger partial charge in [-0.3, -0.25) is 0 Å². The molecule has 0 saturated heterocycles. The lowest BCUT2D eigenvalue weighted by Crippen LogP contribution is -2.46. The summed E-state index contributed by atoms with van der Waals surface area (Å²) >= 11 is 0. The number of hydrogen-bond acceptors (Lipinski definition) is 23. The summed E-state index contributed by atoms with van der Waals surface area (Å²) in [4.78, 5) is 0. The van der Waals surface area contributed by atoms with Gasteiger partial charge in [-0.2, -0.15) is 0 Å². The van der Waals surface area contributed by atoms with Crippen molar-refractivity contribution in [3.8, 4) is 40.2 Å². The Kier molecular flexibility index (Phi) is 58.4. The summed E-state index contributed by atoms with van der Waals surface area (Å²) in [5, 5.41) is 0. The van der Waals surface area contributed by atoms with Crippen LogP contribution in [0.15, 0.2) is 109 Å². The highest BCUT2D eigenvalue weighted by Gasteiger charge is 2.43. The van der Waals surface area contributed by atoms with Crippen molar-refractivity contribution in [2.75, 3.05) is 140 Å². The van der Waals surface area contributed by atoms with E-state index < -0.39 is 44.0 Å². The molecule has 0 N–H and O–H groups in total. The molecular formula is C88H154O23Si5. The summed E-state index contributed by atoms with van der Waals surface area (Å²) in [7, 11) is -7.68. The fourth-order valence-electron chi connectivity index (χ4n) is 12.8. The molecule has 5 aromatic rings. The molecule has 0 saturated carbocycles. The first-order chi connectivity index (χ1) is 56.0. The largest absolute Gasteiger partial charge is 0.500 e. The average molecular weight is 1720 g/mol. The topological polar surface area (TPSA) is 212 Å². The number of rotatable bonds is 58. The Bertz CT molecular complexity index is 3080. The smallest absolute Gasteiger partial charge is 0.497 e. The first kappa shape index (κ1) is 107. The molecule has 1 unspecified atom stereocenters. The normalized spacial score (nSPS) is 12.5. The Morgan fingerprint density at radius 2 is 0.560 bits per heavy atom. The molecule has 0 aromatic heterocycles. The summed E-state index contributed by atoms with van der Waals surface area (Å²) in [5.41, 5.74) is 6.11. The van der Waals surface area contributed by atoms with E-state index in [0.29, 0.717) is 119 Å². The van der Waals surface area contributed by atoms with Gasteiger partial charge in [0.1, 0.15) is 47.6 Å². The minimum atomic E-state index is -2.56. The Labute approximate surface area is 706 Å². The van der Waals surface area contributed by atoms with Gasteiger partial charge < -0.3 is 104 Å². The van der Waals surface area contributed by atoms with Gasteiger partial charge in [-0.25, -0.2) is 0 Å². The van der Waals surface area contributed by atoms with E-state index in [1.165, 1.54) is 27.8 Å². The van der Waals surface area contributed by atoms with Crippen LogP contribution < -0.4 is 33.2 Å². The molecule has 0 fully saturated rings. The van der Waals surface area contributed by atoms with Crippen molar-refractivity contribution < 1.29 is 104 Å². The Balaban J connectivity index is 0.000000492. The van der Waals surface area contributed by atoms with Gasteiger partial charge in [0.25, 0.3) is 0 Å². The SMILES string of the molecule is CCO[Si](CCCc1cc(OC)cc(OC)c1)(OCC)OCC.CCO[Si](CCCc1ccc(OC(C)(C)C)cc1)(OCC)OCC.CCO[Si](CCCc1ccc(OC(C)OC)cc1)(OCC)OCC.CCO[Si](CCCc1ccc2c(c1)OCCO2)(OCC)OCC.CCOc1ccc(CCC[Si](OCC)(OCC)OCC)cc1. The van der Waals surface area contributed by atoms with E-state index in [4.69, 9.17) is 104 Å². The fourth-order valence-corrected chi connectivity index (χ4v) is 25.8. The van der Waals surface area contributed by atoms with Crippen molar-refractivity contribution in [3.05, 3.63) is 137 Å². The van der Waals surface area contributed by atoms with Gasteiger partial charge in [-0.15, -0.1) is 0 Å². The van der Waals surface area contributed by atoms with Gasteiger partial charge >= 0.3 is 44.0 Å². The lowest BCUT2D eigenvalue weighted by atomic mass is 10.1. The highest BCUT2D eigenvalue weighted by Crippen LogP contribution is 2.33. The molecule has 0 amide bonds. The minimum Gasteiger partial charge on any atom is -0.497 e. The fraction of sp³-hybridized carbons (Fsp3) is 0.659. The van der Waals surface area contributed by atoms with E-state index in [1.807, 2.05) is 178 Å². The van der Waals surface area contributed by atoms with E-state index >= 15 is 0 Å². The van der Waals surface area contributed by atoms with Crippen LogP contribution in [0.5, 0.6) is 40.2 Å². The summed E-state index contributed by atoms with van der Waals surface area (Å²) < 4.78 is 132. The highest BCUT2D eigenvalue weighted by atomic mass is 28.4. The second kappa shape index (κ2) is 63.1. The van der Waals surface area contributed by atoms with Crippen LogP contribution in [0.1, 0.15) is 198 Å². The van der Waals surface area contributed by atoms with Gasteiger partial charge in [0.2, 0.25) is 0 Å². The molecule has 116 heavy (non-hydrogen) atoms. The minimum absolute atomic E-state index is 0.167. The van der Waals surface area contributed by atoms with Crippen LogP contribution in [0.4, 0.5) is 0 Å². The number of ether oxygens (including phenoxy) is 8. The zero-order valence-electron chi connectivity index (χ0n) is 75.7. The Morgan fingerprint density at radius 3 is 0.836 bits per heavy atom. The molecule has 6 rings (SSSR count). The van der Waals surface area contributed by atoms with Crippen molar-refractivity contribution in [1.29, 1.82) is 0 Å². The highest BCUT2D eigenvalue weighted by molar-refractivity contribution is 6.62. The predicted octanol–water partition coefficient (Wildman–Crippen LogP) is 20.1. The second-order valence-electron chi connectivity index (χ2n) is 27.4. The quantitative estimate of drug-likeness (QED) is 0.0261. The summed E-state index contributed by atoms with van der Waals surface area (Å²) in [6, 6.07) is 41.0. The molecule has 1 heterocycles. The van der Waals surface area contributed by atoms with E-state index in [2.05, 4.69) is 69.3 Å². The van der Waals surface area contributed by atoms with E-state index in [9.17, 15) is 0 Å². The maximum Gasteiger partial charge on any atom is 0.500 e. The molecule has 0 bridgehead atoms. The monoisotopic (exact) mass is 1720 g/mol. The zero-order valence-corrected chi connectivity index (χ0v) is 80.7. The van der Waals surface area contributed by atoms with Gasteiger partial charge in [0.15, 0.2) is 17.8 Å². The van der Waals surface area contributed by atoms with E-state index in [1.54, 1.807) is 21.3 Å². The van der Waals surface area contributed by atoms with Crippen molar-refractivity contribution in [1.82, 2.24) is 0 Å². The summed E-state index contributed by atoms with van der Waals surface area (Å²) in [6.07, 6.45) is 9.40. The standard InChI is InChI=1S/C19H34O4Si.C18H32O5Si.C17H28O5Si.C17H30O5Si.C17H30O4Si/c1-7-20-24(21-8-2,22-9-3)16-10-11-17-12-14-18(15-13-17)23-19(4,5)6;1-6-20-24(21-7-2,22-8-3)15-9-10-17-11-13-18(14-12-17)23-16(4)19-5;1-4-20-23(21-5-2,22-6-3)13-7-8-15-9-10-16-17(14-15)19-12-11-18-16;1-6-20-23(21-7-2,22-8-3)11-9-10-15-12-16(18-4)14-17(13-15)19-5;1-5-18-17-13-11-16(12-14-17)10-9-15-22(19-6-2,20-7-3)21-8-4/h12-15H,7-11,16H2,1-6H3;11-14,16H,6-10,15H2,1-5H3;9-10,14H,4-8,11-13H2,1-3H3;12-14H,6-11H2,1-5H3;11-14H,5-10,15H2,1-4H3. The van der Waals surface area contributed by atoms with Crippen molar-refractivity contribution in [2.24, 2.45) is 0 Å². The van der Waals surface area contributed by atoms with Crippen LogP contribution in [0.3, 0.4) is 0 Å². The van der Waals surface area contributed by atoms with Crippen LogP contribution in [-0.4, -0.2) is 196 Å². The van der Waals surface area contributed by atoms with Crippen molar-refractivity contribution in [3.63, 3.8) is 0 Å². The van der Waals surface area contributed by atoms with Gasteiger partial charge in [0, 0.05) is 142 Å². The number of hydrogen-bond donors (Lipinski definition) is 0. The van der Waals surface area contributed by atoms with E-state index in [-0.39, 0.29) is 11.9 Å². The molecule has 23 nitrogen and oxygen atoms in total. The molecule has 1 atom stereocenters. The first-order valence-electron chi connectivity index (χ1n) is 42.9. The molecular weight excluding hydrogens is 1570 g/mol. The summed E-state index contributed by atoms with van der Waals surface area (Å²) in [6.45, 7) is 51.1. The lowest BCUT2D eigenvalue weighted by Gasteiger charge is -2.28. The maximum atomic E-state index is 5.90. The molecule has 28 heteroatoms. The predicted molar refractivity (Wildman–Crippen MR) is 474 cm³/mol. The molecule has 664 valence electrons. The molecule has 1 aliphatic rings. The molecule has 1 aliphatic heterocycles. The third-order valence-corrected chi connectivity index (χ3v) is 33.1. The average Bonchev–Trinajstić information content (AvgIpc) is 0.856. The number of methoxy groups -OCH3 is 3.